The Bertz CT molecular complexity index is 507. The van der Waals surface area contributed by atoms with Gasteiger partial charge in [-0.3, -0.25) is 4.79 Å². The van der Waals surface area contributed by atoms with Gasteiger partial charge in [-0.05, 0) is 6.07 Å². The monoisotopic (exact) mass is 189 g/mol. The summed E-state index contributed by atoms with van der Waals surface area (Å²) in [5, 5.41) is 18.6. The number of para-hydroxylation sites is 1. The van der Waals surface area contributed by atoms with E-state index in [0.29, 0.717) is 11.1 Å². The first-order chi connectivity index (χ1) is 6.79. The Hall–Kier alpha value is -2.17. The topological polar surface area (TPSA) is 78.9 Å². The van der Waals surface area contributed by atoms with Crippen LogP contribution in [0.25, 0.3) is 11.1 Å². The SMILES string of the molecule is O=c1[nH]nncc1-c1ccccc1O. The van der Waals surface area contributed by atoms with Gasteiger partial charge in [0.1, 0.15) is 5.75 Å². The van der Waals surface area contributed by atoms with E-state index in [1.54, 1.807) is 18.2 Å². The fourth-order valence-electron chi connectivity index (χ4n) is 1.17. The van der Waals surface area contributed by atoms with E-state index in [-0.39, 0.29) is 11.3 Å². The summed E-state index contributed by atoms with van der Waals surface area (Å²) in [6.45, 7) is 0. The molecule has 0 unspecified atom stereocenters. The zero-order valence-electron chi connectivity index (χ0n) is 7.14. The fourth-order valence-corrected chi connectivity index (χ4v) is 1.17. The third kappa shape index (κ3) is 1.35. The van der Waals surface area contributed by atoms with Crippen LogP contribution in [0.15, 0.2) is 35.3 Å². The molecule has 2 N–H and O–H groups in total. The lowest BCUT2D eigenvalue weighted by molar-refractivity contribution is 0.477. The van der Waals surface area contributed by atoms with Crippen LogP contribution in [0.3, 0.4) is 0 Å². The summed E-state index contributed by atoms with van der Waals surface area (Å²) in [6, 6.07) is 6.56. The number of phenols is 1. The van der Waals surface area contributed by atoms with Crippen LogP contribution < -0.4 is 5.56 Å². The maximum absolute atomic E-state index is 11.3. The van der Waals surface area contributed by atoms with Crippen LogP contribution in [0, 0.1) is 0 Å². The second-order valence-corrected chi connectivity index (χ2v) is 2.72. The quantitative estimate of drug-likeness (QED) is 0.686. The van der Waals surface area contributed by atoms with Crippen molar-refractivity contribution in [3.8, 4) is 16.9 Å². The Kier molecular flexibility index (Phi) is 1.98. The molecule has 5 heteroatoms. The fraction of sp³-hybridized carbons (Fsp3) is 0. The lowest BCUT2D eigenvalue weighted by atomic mass is 10.1. The zero-order valence-corrected chi connectivity index (χ0v) is 7.14. The number of H-pyrrole nitrogens is 1. The van der Waals surface area contributed by atoms with Gasteiger partial charge in [0.25, 0.3) is 5.56 Å². The molecule has 1 heterocycles. The van der Waals surface area contributed by atoms with Gasteiger partial charge >= 0.3 is 0 Å². The summed E-state index contributed by atoms with van der Waals surface area (Å²) in [4.78, 5) is 11.3. The van der Waals surface area contributed by atoms with Gasteiger partial charge in [0.15, 0.2) is 0 Å². The lowest BCUT2D eigenvalue weighted by Gasteiger charge is -2.00. The number of rotatable bonds is 1. The Balaban J connectivity index is 2.67. The highest BCUT2D eigenvalue weighted by Gasteiger charge is 2.06. The number of aromatic hydroxyl groups is 1. The van der Waals surface area contributed by atoms with Gasteiger partial charge in [-0.15, -0.1) is 5.10 Å². The standard InChI is InChI=1S/C9H7N3O2/c13-8-4-2-1-3-6(8)7-5-10-12-11-9(7)14/h1-5,13H,(H,10,11,14). The molecule has 1 aromatic carbocycles. The summed E-state index contributed by atoms with van der Waals surface area (Å²) in [7, 11) is 0. The van der Waals surface area contributed by atoms with Crippen molar-refractivity contribution in [2.75, 3.05) is 0 Å². The first-order valence-corrected chi connectivity index (χ1v) is 3.98. The van der Waals surface area contributed by atoms with Crippen LogP contribution >= 0.6 is 0 Å². The third-order valence-corrected chi connectivity index (χ3v) is 1.83. The number of hydrogen-bond donors (Lipinski definition) is 2. The van der Waals surface area contributed by atoms with Crippen molar-refractivity contribution in [1.82, 2.24) is 15.4 Å². The summed E-state index contributed by atoms with van der Waals surface area (Å²) in [5.41, 5.74) is 0.378. The highest BCUT2D eigenvalue weighted by molar-refractivity contribution is 5.67. The first-order valence-electron chi connectivity index (χ1n) is 3.98. The minimum atomic E-state index is -0.374. The Morgan fingerprint density at radius 3 is 2.71 bits per heavy atom. The summed E-state index contributed by atoms with van der Waals surface area (Å²) in [5.74, 6) is 0.0472. The maximum atomic E-state index is 11.3. The molecule has 5 nitrogen and oxygen atoms in total. The van der Waals surface area contributed by atoms with Gasteiger partial charge in [-0.1, -0.05) is 23.4 Å². The number of phenolic OH excluding ortho intramolecular Hbond substituents is 1. The predicted octanol–water partition coefficient (Wildman–Crippen LogP) is 0.537. The molecule has 2 rings (SSSR count). The van der Waals surface area contributed by atoms with Gasteiger partial charge in [0, 0.05) is 5.56 Å². The van der Waals surface area contributed by atoms with Gasteiger partial charge in [0.05, 0.1) is 11.8 Å². The number of nitrogens with zero attached hydrogens (tertiary/aromatic N) is 2. The van der Waals surface area contributed by atoms with Crippen LogP contribution in [0.2, 0.25) is 0 Å². The molecular formula is C9H7N3O2. The van der Waals surface area contributed by atoms with Crippen molar-refractivity contribution in [2.24, 2.45) is 0 Å². The molecule has 0 saturated heterocycles. The van der Waals surface area contributed by atoms with Crippen molar-refractivity contribution in [3.05, 3.63) is 40.8 Å². The molecule has 0 saturated carbocycles. The predicted molar refractivity (Wildman–Crippen MR) is 49.8 cm³/mol. The molecule has 0 radical (unpaired) electrons. The van der Waals surface area contributed by atoms with Crippen LogP contribution in [-0.4, -0.2) is 20.5 Å². The van der Waals surface area contributed by atoms with E-state index >= 15 is 0 Å². The van der Waals surface area contributed by atoms with Crippen molar-refractivity contribution in [1.29, 1.82) is 0 Å². The average molecular weight is 189 g/mol. The van der Waals surface area contributed by atoms with Gasteiger partial charge < -0.3 is 5.11 Å². The van der Waals surface area contributed by atoms with E-state index < -0.39 is 0 Å². The molecule has 0 spiro atoms. The summed E-state index contributed by atoms with van der Waals surface area (Å²) < 4.78 is 0. The zero-order chi connectivity index (χ0) is 9.97. The number of aromatic nitrogens is 3. The van der Waals surface area contributed by atoms with Gasteiger partial charge in [0.2, 0.25) is 0 Å². The highest BCUT2D eigenvalue weighted by Crippen LogP contribution is 2.24. The molecule has 0 aliphatic carbocycles. The van der Waals surface area contributed by atoms with Crippen LogP contribution in [-0.2, 0) is 0 Å². The van der Waals surface area contributed by atoms with Crippen molar-refractivity contribution < 1.29 is 5.11 Å². The minimum Gasteiger partial charge on any atom is -0.507 e. The molecule has 0 amide bonds. The van der Waals surface area contributed by atoms with Gasteiger partial charge in [-0.25, -0.2) is 5.10 Å². The van der Waals surface area contributed by atoms with E-state index in [2.05, 4.69) is 15.4 Å². The number of aromatic amines is 1. The molecule has 0 fully saturated rings. The Morgan fingerprint density at radius 1 is 1.21 bits per heavy atom. The Labute approximate surface area is 79.0 Å². The molecule has 0 aliphatic heterocycles. The average Bonchev–Trinajstić information content (AvgIpc) is 2.20. The third-order valence-electron chi connectivity index (χ3n) is 1.83. The van der Waals surface area contributed by atoms with Crippen LogP contribution in [0.5, 0.6) is 5.75 Å². The highest BCUT2D eigenvalue weighted by atomic mass is 16.3. The van der Waals surface area contributed by atoms with Gasteiger partial charge in [-0.2, -0.15) is 0 Å². The molecular weight excluding hydrogens is 182 g/mol. The second kappa shape index (κ2) is 3.29. The number of nitrogens with one attached hydrogen (secondary N) is 1. The second-order valence-electron chi connectivity index (χ2n) is 2.72. The van der Waals surface area contributed by atoms with E-state index in [1.807, 2.05) is 0 Å². The summed E-state index contributed by atoms with van der Waals surface area (Å²) >= 11 is 0. The molecule has 0 atom stereocenters. The first kappa shape index (κ1) is 8.43. The van der Waals surface area contributed by atoms with Crippen molar-refractivity contribution >= 4 is 0 Å². The lowest BCUT2D eigenvalue weighted by Crippen LogP contribution is -2.11. The Morgan fingerprint density at radius 2 is 2.00 bits per heavy atom. The van der Waals surface area contributed by atoms with E-state index in [4.69, 9.17) is 0 Å². The smallest absolute Gasteiger partial charge is 0.275 e. The molecule has 0 aliphatic rings. The normalized spacial score (nSPS) is 10.0. The molecule has 70 valence electrons. The van der Waals surface area contributed by atoms with Crippen LogP contribution in [0.1, 0.15) is 0 Å². The van der Waals surface area contributed by atoms with Crippen molar-refractivity contribution in [2.45, 2.75) is 0 Å². The molecule has 1 aromatic heterocycles. The largest absolute Gasteiger partial charge is 0.507 e. The van der Waals surface area contributed by atoms with Crippen molar-refractivity contribution in [3.63, 3.8) is 0 Å². The number of hydrogen-bond acceptors (Lipinski definition) is 4. The van der Waals surface area contributed by atoms with E-state index in [1.165, 1.54) is 12.3 Å². The molecule has 2 aromatic rings. The van der Waals surface area contributed by atoms with E-state index in [0.717, 1.165) is 0 Å². The van der Waals surface area contributed by atoms with Crippen LogP contribution in [0.4, 0.5) is 0 Å². The van der Waals surface area contributed by atoms with E-state index in [9.17, 15) is 9.90 Å². The number of benzene rings is 1. The minimum absolute atomic E-state index is 0.0472. The summed E-state index contributed by atoms with van der Waals surface area (Å²) in [6.07, 6.45) is 1.31. The maximum Gasteiger partial charge on any atom is 0.275 e. The molecule has 14 heavy (non-hydrogen) atoms. The molecule has 0 bridgehead atoms.